The van der Waals surface area contributed by atoms with Gasteiger partial charge < -0.3 is 4.74 Å². The van der Waals surface area contributed by atoms with Crippen LogP contribution in [0.15, 0.2) is 59.8 Å². The molecule has 0 N–H and O–H groups in total. The first kappa shape index (κ1) is 18.9. The van der Waals surface area contributed by atoms with Crippen molar-refractivity contribution in [3.8, 4) is 5.75 Å². The van der Waals surface area contributed by atoms with E-state index in [-0.39, 0.29) is 29.7 Å². The van der Waals surface area contributed by atoms with Gasteiger partial charge in [0, 0.05) is 47.8 Å². The van der Waals surface area contributed by atoms with Gasteiger partial charge in [-0.15, -0.1) is 0 Å². The summed E-state index contributed by atoms with van der Waals surface area (Å²) < 4.78 is 5.19. The third-order valence-electron chi connectivity index (χ3n) is 5.51. The van der Waals surface area contributed by atoms with Gasteiger partial charge >= 0.3 is 0 Å². The van der Waals surface area contributed by atoms with Gasteiger partial charge in [0.25, 0.3) is 5.69 Å². The average molecular weight is 392 g/mol. The number of anilines is 1. The molecule has 0 spiro atoms. The smallest absolute Gasteiger partial charge is 0.269 e. The Hall–Kier alpha value is -3.48. The molecule has 0 unspecified atom stereocenters. The minimum Gasteiger partial charge on any atom is -0.497 e. The second kappa shape index (κ2) is 7.50. The van der Waals surface area contributed by atoms with Crippen LogP contribution in [0.5, 0.6) is 5.75 Å². The lowest BCUT2D eigenvalue weighted by Gasteiger charge is -2.38. The van der Waals surface area contributed by atoms with E-state index < -0.39 is 4.92 Å². The SMILES string of the molecule is COc1ccc(N2C(=O)C[C@@H](c3ccc([N+](=O)[O-])cc3)C3=C2CCCC3=O)cc1. The topological polar surface area (TPSA) is 89.8 Å². The molecule has 0 radical (unpaired) electrons. The fourth-order valence-corrected chi connectivity index (χ4v) is 4.14. The van der Waals surface area contributed by atoms with Crippen molar-refractivity contribution in [2.75, 3.05) is 12.0 Å². The highest BCUT2D eigenvalue weighted by atomic mass is 16.6. The molecule has 7 nitrogen and oxygen atoms in total. The lowest BCUT2D eigenvalue weighted by molar-refractivity contribution is -0.384. The van der Waals surface area contributed by atoms with Crippen molar-refractivity contribution in [3.63, 3.8) is 0 Å². The second-order valence-corrected chi connectivity index (χ2v) is 7.17. The Morgan fingerprint density at radius 1 is 1.03 bits per heavy atom. The van der Waals surface area contributed by atoms with Crippen LogP contribution in [0.1, 0.15) is 37.2 Å². The van der Waals surface area contributed by atoms with Crippen molar-refractivity contribution in [1.29, 1.82) is 0 Å². The molecule has 2 aromatic carbocycles. The predicted octanol–water partition coefficient (Wildman–Crippen LogP) is 4.13. The van der Waals surface area contributed by atoms with Gasteiger partial charge in [0.05, 0.1) is 12.0 Å². The zero-order valence-electron chi connectivity index (χ0n) is 16.0. The molecule has 29 heavy (non-hydrogen) atoms. The third kappa shape index (κ3) is 3.40. The number of ether oxygens (including phenoxy) is 1. The van der Waals surface area contributed by atoms with Gasteiger partial charge in [-0.2, -0.15) is 0 Å². The monoisotopic (exact) mass is 392 g/mol. The number of allylic oxidation sites excluding steroid dienone is 2. The van der Waals surface area contributed by atoms with E-state index in [1.807, 2.05) is 12.1 Å². The van der Waals surface area contributed by atoms with Gasteiger partial charge in [0.15, 0.2) is 5.78 Å². The van der Waals surface area contributed by atoms with Crippen LogP contribution >= 0.6 is 0 Å². The van der Waals surface area contributed by atoms with Crippen molar-refractivity contribution < 1.29 is 19.2 Å². The molecule has 0 fully saturated rings. The molecule has 4 rings (SSSR count). The number of hydrogen-bond acceptors (Lipinski definition) is 5. The normalized spacial score (nSPS) is 19.2. The Kier molecular flexibility index (Phi) is 4.88. The summed E-state index contributed by atoms with van der Waals surface area (Å²) in [5.41, 5.74) is 2.84. The summed E-state index contributed by atoms with van der Waals surface area (Å²) in [6, 6.07) is 13.3. The number of carbonyl (C=O) groups excluding carboxylic acids is 2. The van der Waals surface area contributed by atoms with Gasteiger partial charge in [-0.3, -0.25) is 24.6 Å². The van der Waals surface area contributed by atoms with Crippen LogP contribution in [0, 0.1) is 10.1 Å². The number of Topliss-reactive ketones (excluding diaryl/α,β-unsaturated/α-hetero) is 1. The van der Waals surface area contributed by atoms with Gasteiger partial charge in [0.1, 0.15) is 5.75 Å². The minimum atomic E-state index is -0.461. The predicted molar refractivity (Wildman–Crippen MR) is 107 cm³/mol. The van der Waals surface area contributed by atoms with E-state index in [0.29, 0.717) is 36.3 Å². The first-order chi connectivity index (χ1) is 14.0. The Bertz CT molecular complexity index is 1010. The zero-order chi connectivity index (χ0) is 20.5. The lowest BCUT2D eigenvalue weighted by atomic mass is 9.77. The summed E-state index contributed by atoms with van der Waals surface area (Å²) in [6.07, 6.45) is 1.94. The Balaban J connectivity index is 1.78. The number of hydrogen-bond donors (Lipinski definition) is 0. The molecular weight excluding hydrogens is 372 g/mol. The summed E-state index contributed by atoms with van der Waals surface area (Å²) in [7, 11) is 1.58. The molecule has 1 atom stereocenters. The van der Waals surface area contributed by atoms with Crippen LogP contribution in [0.4, 0.5) is 11.4 Å². The molecule has 1 heterocycles. The largest absolute Gasteiger partial charge is 0.497 e. The van der Waals surface area contributed by atoms with Crippen LogP contribution in [0.25, 0.3) is 0 Å². The second-order valence-electron chi connectivity index (χ2n) is 7.17. The molecule has 0 bridgehead atoms. The minimum absolute atomic E-state index is 0.0140. The van der Waals surface area contributed by atoms with Crippen molar-refractivity contribution in [1.82, 2.24) is 0 Å². The summed E-state index contributed by atoms with van der Waals surface area (Å²) >= 11 is 0. The number of amides is 1. The Morgan fingerprint density at radius 3 is 2.34 bits per heavy atom. The summed E-state index contributed by atoms with van der Waals surface area (Å²) in [6.45, 7) is 0. The molecule has 2 aliphatic rings. The van der Waals surface area contributed by atoms with Crippen LogP contribution in [0.3, 0.4) is 0 Å². The van der Waals surface area contributed by atoms with E-state index in [9.17, 15) is 19.7 Å². The highest BCUT2D eigenvalue weighted by Gasteiger charge is 2.39. The van der Waals surface area contributed by atoms with Crippen molar-refractivity contribution in [2.45, 2.75) is 31.6 Å². The van der Waals surface area contributed by atoms with E-state index >= 15 is 0 Å². The zero-order valence-corrected chi connectivity index (χ0v) is 16.0. The van der Waals surface area contributed by atoms with E-state index in [0.717, 1.165) is 11.3 Å². The number of nitro groups is 1. The van der Waals surface area contributed by atoms with E-state index in [1.54, 1.807) is 36.3 Å². The molecule has 148 valence electrons. The first-order valence-electron chi connectivity index (χ1n) is 9.47. The van der Waals surface area contributed by atoms with Gasteiger partial charge in [0.2, 0.25) is 5.91 Å². The Morgan fingerprint density at radius 2 is 1.72 bits per heavy atom. The van der Waals surface area contributed by atoms with E-state index in [1.165, 1.54) is 12.1 Å². The molecule has 0 saturated heterocycles. The van der Waals surface area contributed by atoms with Crippen LogP contribution in [-0.4, -0.2) is 23.7 Å². The number of non-ortho nitro benzene ring substituents is 1. The third-order valence-corrected chi connectivity index (χ3v) is 5.51. The highest BCUT2D eigenvalue weighted by molar-refractivity contribution is 6.07. The number of carbonyl (C=O) groups is 2. The van der Waals surface area contributed by atoms with Gasteiger partial charge in [-0.1, -0.05) is 12.1 Å². The van der Waals surface area contributed by atoms with Crippen LogP contribution < -0.4 is 9.64 Å². The van der Waals surface area contributed by atoms with E-state index in [2.05, 4.69) is 0 Å². The van der Waals surface area contributed by atoms with E-state index in [4.69, 9.17) is 4.74 Å². The lowest BCUT2D eigenvalue weighted by Crippen LogP contribution is -2.40. The summed E-state index contributed by atoms with van der Waals surface area (Å²) in [4.78, 5) is 38.1. The molecule has 7 heteroatoms. The highest BCUT2D eigenvalue weighted by Crippen LogP contribution is 2.43. The first-order valence-corrected chi connectivity index (χ1v) is 9.47. The molecule has 1 aliphatic carbocycles. The van der Waals surface area contributed by atoms with Crippen LogP contribution in [0.2, 0.25) is 0 Å². The average Bonchev–Trinajstić information content (AvgIpc) is 2.73. The Labute approximate surface area is 167 Å². The maximum atomic E-state index is 13.1. The standard InChI is InChI=1S/C22H20N2O5/c1-29-17-11-9-15(10-12-17)23-19-3-2-4-20(25)22(19)18(13-21(23)26)14-5-7-16(8-6-14)24(27)28/h5-12,18H,2-4,13H2,1H3/t18-/m0/s1. The number of nitrogens with zero attached hydrogens (tertiary/aromatic N) is 2. The number of ketones is 1. The molecule has 1 aliphatic heterocycles. The molecule has 2 aromatic rings. The van der Waals surface area contributed by atoms with Crippen molar-refractivity contribution in [2.24, 2.45) is 0 Å². The van der Waals surface area contributed by atoms with Gasteiger partial charge in [-0.25, -0.2) is 0 Å². The molecular formula is C22H20N2O5. The quantitative estimate of drug-likeness (QED) is 0.576. The van der Waals surface area contributed by atoms with Crippen LogP contribution in [-0.2, 0) is 9.59 Å². The number of rotatable bonds is 4. The van der Waals surface area contributed by atoms with Gasteiger partial charge in [-0.05, 0) is 42.7 Å². The fourth-order valence-electron chi connectivity index (χ4n) is 4.14. The maximum Gasteiger partial charge on any atom is 0.269 e. The molecule has 0 saturated carbocycles. The fraction of sp³-hybridized carbons (Fsp3) is 0.273. The number of benzene rings is 2. The van der Waals surface area contributed by atoms with Crippen molar-refractivity contribution >= 4 is 23.1 Å². The molecule has 1 amide bonds. The summed E-state index contributed by atoms with van der Waals surface area (Å²) in [5.74, 6) is 0.268. The number of methoxy groups -OCH3 is 1. The van der Waals surface area contributed by atoms with Crippen molar-refractivity contribution in [3.05, 3.63) is 75.5 Å². The molecule has 0 aromatic heterocycles. The number of nitro benzene ring substituents is 1. The maximum absolute atomic E-state index is 13.1. The summed E-state index contributed by atoms with van der Waals surface area (Å²) in [5, 5.41) is 10.9.